The molecule has 1 fully saturated rings. The molecule has 0 aliphatic carbocycles. The summed E-state index contributed by atoms with van der Waals surface area (Å²) in [6, 6.07) is -1.94. The molecule has 0 saturated carbocycles. The number of carbonyl (C=O) groups excluding carboxylic acids is 2. The van der Waals surface area contributed by atoms with Crippen LogP contribution in [0.2, 0.25) is 0 Å². The van der Waals surface area contributed by atoms with E-state index in [4.69, 9.17) is 4.74 Å². The average molecular weight is 311 g/mol. The number of amides is 1. The molecule has 2 atom stereocenters. The van der Waals surface area contributed by atoms with E-state index >= 15 is 0 Å². The number of alkyl halides is 3. The number of likely N-dealkylation sites (tertiary alicyclic amines) is 1. The lowest BCUT2D eigenvalue weighted by Gasteiger charge is -2.39. The van der Waals surface area contributed by atoms with Crippen LogP contribution in [-0.4, -0.2) is 48.4 Å². The molecular weight excluding hydrogens is 291 g/mol. The fourth-order valence-corrected chi connectivity index (χ4v) is 2.19. The van der Waals surface area contributed by atoms with Crippen molar-refractivity contribution >= 4 is 12.1 Å². The minimum absolute atomic E-state index is 0.0240. The molecule has 0 bridgehead atoms. The molecule has 0 radical (unpaired) electrons. The molecule has 0 aromatic carbocycles. The minimum Gasteiger partial charge on any atom is -0.469 e. The van der Waals surface area contributed by atoms with Gasteiger partial charge in [-0.25, -0.2) is 4.79 Å². The molecular formula is C13H20F3NO4. The summed E-state index contributed by atoms with van der Waals surface area (Å²) in [4.78, 5) is 24.1. The molecule has 1 amide bonds. The molecule has 21 heavy (non-hydrogen) atoms. The summed E-state index contributed by atoms with van der Waals surface area (Å²) >= 11 is 0. The fourth-order valence-electron chi connectivity index (χ4n) is 2.19. The number of carbonyl (C=O) groups is 2. The summed E-state index contributed by atoms with van der Waals surface area (Å²) in [5.74, 6) is -1.38. The molecule has 0 aromatic heterocycles. The lowest BCUT2D eigenvalue weighted by atomic mass is 9.92. The van der Waals surface area contributed by atoms with Crippen molar-refractivity contribution in [1.82, 2.24) is 4.90 Å². The van der Waals surface area contributed by atoms with Crippen LogP contribution in [-0.2, 0) is 14.3 Å². The number of hydrogen-bond acceptors (Lipinski definition) is 4. The summed E-state index contributed by atoms with van der Waals surface area (Å²) in [7, 11) is 1.16. The summed E-state index contributed by atoms with van der Waals surface area (Å²) in [6.45, 7) is 4.34. The molecule has 2 unspecified atom stereocenters. The highest BCUT2D eigenvalue weighted by atomic mass is 19.4. The van der Waals surface area contributed by atoms with Gasteiger partial charge in [-0.3, -0.25) is 9.69 Å². The zero-order chi connectivity index (χ0) is 16.4. The van der Waals surface area contributed by atoms with Gasteiger partial charge in [0.25, 0.3) is 0 Å². The van der Waals surface area contributed by atoms with E-state index in [9.17, 15) is 22.8 Å². The Hall–Kier alpha value is -1.47. The molecule has 1 aliphatic rings. The summed E-state index contributed by atoms with van der Waals surface area (Å²) < 4.78 is 48.6. The predicted molar refractivity (Wildman–Crippen MR) is 67.5 cm³/mol. The Kier molecular flexibility index (Phi) is 5.11. The number of hydrogen-bond donors (Lipinski definition) is 0. The smallest absolute Gasteiger partial charge is 0.410 e. The van der Waals surface area contributed by atoms with Crippen LogP contribution in [0.1, 0.15) is 33.6 Å². The molecule has 1 saturated heterocycles. The first-order chi connectivity index (χ1) is 9.45. The average Bonchev–Trinajstić information content (AvgIpc) is 2.34. The maximum absolute atomic E-state index is 13.0. The Morgan fingerprint density at radius 1 is 1.14 bits per heavy atom. The maximum atomic E-state index is 13.0. The quantitative estimate of drug-likeness (QED) is 0.699. The van der Waals surface area contributed by atoms with E-state index in [0.29, 0.717) is 4.90 Å². The molecule has 5 nitrogen and oxygen atoms in total. The van der Waals surface area contributed by atoms with Crippen LogP contribution in [0.5, 0.6) is 0 Å². The number of nitrogens with zero attached hydrogens (tertiary/aromatic N) is 1. The lowest BCUT2D eigenvalue weighted by Crippen LogP contribution is -2.55. The van der Waals surface area contributed by atoms with E-state index in [1.165, 1.54) is 0 Å². The van der Waals surface area contributed by atoms with Crippen molar-refractivity contribution in [3.63, 3.8) is 0 Å². The Labute approximate surface area is 121 Å². The third kappa shape index (κ3) is 4.78. The topological polar surface area (TPSA) is 55.8 Å². The second-order valence-corrected chi connectivity index (χ2v) is 5.99. The molecule has 0 N–H and O–H groups in total. The van der Waals surface area contributed by atoms with E-state index in [1.807, 2.05) is 0 Å². The van der Waals surface area contributed by atoms with E-state index < -0.39 is 35.8 Å². The van der Waals surface area contributed by atoms with Gasteiger partial charge in [-0.15, -0.1) is 0 Å². The first-order valence-electron chi connectivity index (χ1n) is 6.60. The fraction of sp³-hybridized carbons (Fsp3) is 0.846. The van der Waals surface area contributed by atoms with Crippen molar-refractivity contribution in [1.29, 1.82) is 0 Å². The number of halogens is 3. The summed E-state index contributed by atoms with van der Waals surface area (Å²) in [6.07, 6.45) is -5.95. The molecule has 122 valence electrons. The lowest BCUT2D eigenvalue weighted by molar-refractivity contribution is -0.193. The van der Waals surface area contributed by atoms with Crippen LogP contribution in [0.3, 0.4) is 0 Å². The molecule has 1 heterocycles. The van der Waals surface area contributed by atoms with Crippen molar-refractivity contribution in [2.24, 2.45) is 5.92 Å². The van der Waals surface area contributed by atoms with Crippen LogP contribution in [0.15, 0.2) is 0 Å². The number of methoxy groups -OCH3 is 1. The predicted octanol–water partition coefficient (Wildman–Crippen LogP) is 2.74. The molecule has 1 rings (SSSR count). The van der Waals surface area contributed by atoms with Gasteiger partial charge < -0.3 is 9.47 Å². The van der Waals surface area contributed by atoms with Crippen molar-refractivity contribution in [2.75, 3.05) is 13.7 Å². The molecule has 0 aromatic rings. The van der Waals surface area contributed by atoms with Gasteiger partial charge in [0, 0.05) is 6.54 Å². The van der Waals surface area contributed by atoms with Crippen molar-refractivity contribution in [3.05, 3.63) is 0 Å². The zero-order valence-corrected chi connectivity index (χ0v) is 12.5. The number of piperidine rings is 1. The summed E-state index contributed by atoms with van der Waals surface area (Å²) in [5.41, 5.74) is -0.911. The number of ether oxygens (including phenoxy) is 2. The van der Waals surface area contributed by atoms with Gasteiger partial charge in [-0.2, -0.15) is 13.2 Å². The third-order valence-corrected chi connectivity index (χ3v) is 3.12. The van der Waals surface area contributed by atoms with Crippen LogP contribution in [0.25, 0.3) is 0 Å². The van der Waals surface area contributed by atoms with Gasteiger partial charge in [0.15, 0.2) is 0 Å². The summed E-state index contributed by atoms with van der Waals surface area (Å²) in [5, 5.41) is 0. The SMILES string of the molecule is COC(=O)C1CCC(C(F)(F)F)N(C(=O)OC(C)(C)C)C1. The first-order valence-corrected chi connectivity index (χ1v) is 6.60. The Bertz CT molecular complexity index is 403. The Balaban J connectivity index is 2.93. The molecule has 0 spiro atoms. The largest absolute Gasteiger partial charge is 0.469 e. The van der Waals surface area contributed by atoms with Crippen LogP contribution in [0.4, 0.5) is 18.0 Å². The van der Waals surface area contributed by atoms with Crippen LogP contribution < -0.4 is 0 Å². The van der Waals surface area contributed by atoms with Gasteiger partial charge in [-0.1, -0.05) is 0 Å². The standard InChI is InChI=1S/C13H20F3NO4/c1-12(2,3)21-11(19)17-7-8(10(18)20-4)5-6-9(17)13(14,15)16/h8-9H,5-7H2,1-4H3. The van der Waals surface area contributed by atoms with Gasteiger partial charge >= 0.3 is 18.2 Å². The number of esters is 1. The van der Waals surface area contributed by atoms with Crippen molar-refractivity contribution in [3.8, 4) is 0 Å². The van der Waals surface area contributed by atoms with E-state index in [0.717, 1.165) is 7.11 Å². The molecule has 8 heteroatoms. The minimum atomic E-state index is -4.56. The third-order valence-electron chi connectivity index (χ3n) is 3.12. The van der Waals surface area contributed by atoms with Gasteiger partial charge in [0.1, 0.15) is 11.6 Å². The van der Waals surface area contributed by atoms with E-state index in [1.54, 1.807) is 20.8 Å². The van der Waals surface area contributed by atoms with Gasteiger partial charge in [-0.05, 0) is 33.6 Å². The second-order valence-electron chi connectivity index (χ2n) is 5.99. The molecule has 1 aliphatic heterocycles. The maximum Gasteiger partial charge on any atom is 0.410 e. The Morgan fingerprint density at radius 2 is 1.71 bits per heavy atom. The van der Waals surface area contributed by atoms with Crippen LogP contribution in [0, 0.1) is 5.92 Å². The zero-order valence-electron chi connectivity index (χ0n) is 12.5. The van der Waals surface area contributed by atoms with E-state index in [2.05, 4.69) is 4.74 Å². The van der Waals surface area contributed by atoms with Crippen LogP contribution >= 0.6 is 0 Å². The highest BCUT2D eigenvalue weighted by molar-refractivity contribution is 5.75. The van der Waals surface area contributed by atoms with Crippen molar-refractivity contribution < 1.29 is 32.2 Å². The van der Waals surface area contributed by atoms with Gasteiger partial charge in [0.2, 0.25) is 0 Å². The van der Waals surface area contributed by atoms with Gasteiger partial charge in [0.05, 0.1) is 13.0 Å². The highest BCUT2D eigenvalue weighted by Crippen LogP contribution is 2.35. The second kappa shape index (κ2) is 6.11. The highest BCUT2D eigenvalue weighted by Gasteiger charge is 2.50. The normalized spacial score (nSPS) is 23.7. The first kappa shape index (κ1) is 17.6. The van der Waals surface area contributed by atoms with E-state index in [-0.39, 0.29) is 19.4 Å². The number of rotatable bonds is 1. The van der Waals surface area contributed by atoms with Crippen molar-refractivity contribution in [2.45, 2.75) is 51.4 Å². The monoisotopic (exact) mass is 311 g/mol. The Morgan fingerprint density at radius 3 is 2.14 bits per heavy atom.